The van der Waals surface area contributed by atoms with Crippen molar-refractivity contribution in [2.75, 3.05) is 6.54 Å². The van der Waals surface area contributed by atoms with Crippen LogP contribution in [-0.4, -0.2) is 36.9 Å². The van der Waals surface area contributed by atoms with Gasteiger partial charge in [-0.25, -0.2) is 19.0 Å². The number of benzene rings is 1. The van der Waals surface area contributed by atoms with Gasteiger partial charge in [0.2, 0.25) is 5.91 Å². The lowest BCUT2D eigenvalue weighted by atomic mass is 9.96. The van der Waals surface area contributed by atoms with E-state index >= 15 is 0 Å². The standard InChI is InChI=1S/C19H26F2N4O3/c1-2-22-19(27)28-15-4-3-12(8-15)16-10-17(25-24-16)23-18(26)7-11-5-13(20)9-14(21)6-11/h5-6,9,12,15-17,24-25H,2-4,7-8,10H2,1H3,(H,22,27)(H,23,26)/t12-,15+,16?,17?/m0/s1. The highest BCUT2D eigenvalue weighted by Crippen LogP contribution is 2.32. The van der Waals surface area contributed by atoms with Gasteiger partial charge in [-0.3, -0.25) is 10.2 Å². The van der Waals surface area contributed by atoms with Crippen molar-refractivity contribution in [3.8, 4) is 0 Å². The monoisotopic (exact) mass is 396 g/mol. The van der Waals surface area contributed by atoms with Crippen LogP contribution in [0.4, 0.5) is 13.6 Å². The van der Waals surface area contributed by atoms with Crippen LogP contribution in [0.1, 0.15) is 38.2 Å². The molecule has 2 fully saturated rings. The SMILES string of the molecule is CCNC(=O)O[C@@H]1CC[C@H](C2CC(NC(=O)Cc3cc(F)cc(F)c3)NN2)C1. The Kier molecular flexibility index (Phi) is 6.79. The van der Waals surface area contributed by atoms with E-state index in [9.17, 15) is 18.4 Å². The van der Waals surface area contributed by atoms with Gasteiger partial charge in [0.15, 0.2) is 0 Å². The van der Waals surface area contributed by atoms with Gasteiger partial charge < -0.3 is 15.4 Å². The highest BCUT2D eigenvalue weighted by molar-refractivity contribution is 5.78. The number of hydrogen-bond acceptors (Lipinski definition) is 5. The first-order valence-corrected chi connectivity index (χ1v) is 9.62. The van der Waals surface area contributed by atoms with E-state index in [0.29, 0.717) is 24.4 Å². The minimum Gasteiger partial charge on any atom is -0.446 e. The molecular formula is C19H26F2N4O3. The highest BCUT2D eigenvalue weighted by Gasteiger charge is 2.37. The van der Waals surface area contributed by atoms with Gasteiger partial charge in [-0.15, -0.1) is 0 Å². The summed E-state index contributed by atoms with van der Waals surface area (Å²) in [5.41, 5.74) is 6.53. The first-order valence-electron chi connectivity index (χ1n) is 9.62. The average Bonchev–Trinajstić information content (AvgIpc) is 3.23. The second kappa shape index (κ2) is 9.29. The number of hydrogen-bond donors (Lipinski definition) is 4. The van der Waals surface area contributed by atoms with Gasteiger partial charge in [0.25, 0.3) is 0 Å². The van der Waals surface area contributed by atoms with Gasteiger partial charge in [0.05, 0.1) is 12.6 Å². The first-order chi connectivity index (χ1) is 13.4. The quantitative estimate of drug-likeness (QED) is 0.588. The van der Waals surface area contributed by atoms with Crippen molar-refractivity contribution in [3.63, 3.8) is 0 Å². The van der Waals surface area contributed by atoms with Gasteiger partial charge in [-0.05, 0) is 56.2 Å². The summed E-state index contributed by atoms with van der Waals surface area (Å²) in [5, 5.41) is 5.46. The second-order valence-corrected chi connectivity index (χ2v) is 7.34. The molecule has 154 valence electrons. The van der Waals surface area contributed by atoms with Crippen molar-refractivity contribution in [2.24, 2.45) is 5.92 Å². The third kappa shape index (κ3) is 5.62. The first kappa shape index (κ1) is 20.5. The van der Waals surface area contributed by atoms with E-state index in [1.54, 1.807) is 0 Å². The number of halogens is 2. The second-order valence-electron chi connectivity index (χ2n) is 7.34. The smallest absolute Gasteiger partial charge is 0.407 e. The Morgan fingerprint density at radius 3 is 2.61 bits per heavy atom. The maximum absolute atomic E-state index is 13.2. The van der Waals surface area contributed by atoms with Crippen molar-refractivity contribution in [3.05, 3.63) is 35.4 Å². The highest BCUT2D eigenvalue weighted by atomic mass is 19.1. The molecule has 0 aromatic heterocycles. The summed E-state index contributed by atoms with van der Waals surface area (Å²) in [7, 11) is 0. The Morgan fingerprint density at radius 2 is 1.89 bits per heavy atom. The molecule has 1 aliphatic heterocycles. The molecule has 2 amide bonds. The number of nitrogens with one attached hydrogen (secondary N) is 4. The van der Waals surface area contributed by atoms with Crippen LogP contribution in [0.25, 0.3) is 0 Å². The average molecular weight is 396 g/mol. The minimum atomic E-state index is -0.700. The summed E-state index contributed by atoms with van der Waals surface area (Å²) >= 11 is 0. The Labute approximate surface area is 162 Å². The Morgan fingerprint density at radius 1 is 1.14 bits per heavy atom. The van der Waals surface area contributed by atoms with Crippen molar-refractivity contribution >= 4 is 12.0 Å². The number of amides is 2. The third-order valence-electron chi connectivity index (χ3n) is 5.14. The molecule has 1 aromatic rings. The molecule has 0 bridgehead atoms. The topological polar surface area (TPSA) is 91.5 Å². The van der Waals surface area contributed by atoms with Crippen LogP contribution in [0.3, 0.4) is 0 Å². The van der Waals surface area contributed by atoms with Gasteiger partial charge in [0.1, 0.15) is 17.7 Å². The Bertz CT molecular complexity index is 698. The normalized spacial score (nSPS) is 26.8. The zero-order chi connectivity index (χ0) is 20.1. The number of carbonyl (C=O) groups is 2. The molecule has 0 radical (unpaired) electrons. The predicted molar refractivity (Wildman–Crippen MR) is 98.0 cm³/mol. The summed E-state index contributed by atoms with van der Waals surface area (Å²) in [6, 6.07) is 3.23. The zero-order valence-corrected chi connectivity index (χ0v) is 15.8. The van der Waals surface area contributed by atoms with Gasteiger partial charge in [-0.1, -0.05) is 0 Å². The van der Waals surface area contributed by atoms with Gasteiger partial charge in [0, 0.05) is 18.7 Å². The van der Waals surface area contributed by atoms with Crippen molar-refractivity contribution in [2.45, 2.75) is 57.3 Å². The third-order valence-corrected chi connectivity index (χ3v) is 5.14. The molecule has 0 spiro atoms. The summed E-state index contributed by atoms with van der Waals surface area (Å²) in [6.45, 7) is 2.37. The summed E-state index contributed by atoms with van der Waals surface area (Å²) in [4.78, 5) is 23.7. The van der Waals surface area contributed by atoms with E-state index in [0.717, 1.165) is 37.5 Å². The lowest BCUT2D eigenvalue weighted by molar-refractivity contribution is -0.121. The molecule has 4 atom stereocenters. The molecule has 1 heterocycles. The van der Waals surface area contributed by atoms with E-state index in [4.69, 9.17) is 4.74 Å². The molecule has 4 N–H and O–H groups in total. The Hall–Kier alpha value is -2.26. The zero-order valence-electron chi connectivity index (χ0n) is 15.8. The fourth-order valence-corrected chi connectivity index (χ4v) is 3.91. The molecule has 3 rings (SSSR count). The molecule has 1 saturated carbocycles. The predicted octanol–water partition coefficient (Wildman–Crippen LogP) is 1.73. The van der Waals surface area contributed by atoms with Gasteiger partial charge >= 0.3 is 6.09 Å². The fraction of sp³-hybridized carbons (Fsp3) is 0.579. The molecule has 1 aliphatic carbocycles. The summed E-state index contributed by atoms with van der Waals surface area (Å²) in [6.07, 6.45) is 2.39. The molecule has 28 heavy (non-hydrogen) atoms. The fourth-order valence-electron chi connectivity index (χ4n) is 3.91. The Balaban J connectivity index is 1.43. The number of ether oxygens (including phenoxy) is 1. The largest absolute Gasteiger partial charge is 0.446 e. The minimum absolute atomic E-state index is 0.0881. The van der Waals surface area contributed by atoms with Crippen LogP contribution in [0.15, 0.2) is 18.2 Å². The van der Waals surface area contributed by atoms with Crippen LogP contribution >= 0.6 is 0 Å². The molecule has 1 aromatic carbocycles. The summed E-state index contributed by atoms with van der Waals surface area (Å²) in [5.74, 6) is -1.37. The lowest BCUT2D eigenvalue weighted by Crippen LogP contribution is -2.45. The maximum Gasteiger partial charge on any atom is 0.407 e. The van der Waals surface area contributed by atoms with E-state index < -0.39 is 11.6 Å². The van der Waals surface area contributed by atoms with E-state index in [1.807, 2.05) is 6.92 Å². The van der Waals surface area contributed by atoms with E-state index in [1.165, 1.54) is 0 Å². The van der Waals surface area contributed by atoms with Gasteiger partial charge in [-0.2, -0.15) is 0 Å². The van der Waals surface area contributed by atoms with Crippen molar-refractivity contribution in [1.29, 1.82) is 0 Å². The maximum atomic E-state index is 13.2. The van der Waals surface area contributed by atoms with Crippen molar-refractivity contribution in [1.82, 2.24) is 21.5 Å². The molecule has 1 saturated heterocycles. The van der Waals surface area contributed by atoms with Crippen LogP contribution < -0.4 is 21.5 Å². The molecule has 2 aliphatic rings. The van der Waals surface area contributed by atoms with E-state index in [2.05, 4.69) is 21.5 Å². The number of rotatable bonds is 6. The van der Waals surface area contributed by atoms with E-state index in [-0.39, 0.29) is 36.7 Å². The molecule has 9 heteroatoms. The van der Waals surface area contributed by atoms with Crippen LogP contribution in [0.2, 0.25) is 0 Å². The molecule has 2 unspecified atom stereocenters. The van der Waals surface area contributed by atoms with Crippen LogP contribution in [-0.2, 0) is 16.0 Å². The van der Waals surface area contributed by atoms with Crippen molar-refractivity contribution < 1.29 is 23.1 Å². The lowest BCUT2D eigenvalue weighted by Gasteiger charge is -2.18. The number of hydrazine groups is 1. The molecule has 7 nitrogen and oxygen atoms in total. The molecular weight excluding hydrogens is 370 g/mol. The van der Waals surface area contributed by atoms with Crippen LogP contribution in [0.5, 0.6) is 0 Å². The number of carbonyl (C=O) groups excluding carboxylic acids is 2. The van der Waals surface area contributed by atoms with Crippen LogP contribution in [0, 0.1) is 17.6 Å². The summed E-state index contributed by atoms with van der Waals surface area (Å²) < 4.78 is 31.9. The number of alkyl carbamates (subject to hydrolysis) is 1.